The Bertz CT molecular complexity index is 1690. The second-order valence-electron chi connectivity index (χ2n) is 15.2. The highest BCUT2D eigenvalue weighted by Gasteiger charge is 2.43. The minimum Gasteiger partial charge on any atom is -0.462 e. The van der Waals surface area contributed by atoms with Crippen molar-refractivity contribution < 1.29 is 34.4 Å². The van der Waals surface area contributed by atoms with E-state index in [9.17, 15) is 29.7 Å². The van der Waals surface area contributed by atoms with E-state index in [2.05, 4.69) is 53.6 Å². The number of aromatic nitrogens is 4. The van der Waals surface area contributed by atoms with Gasteiger partial charge in [0.2, 0.25) is 5.95 Å². The van der Waals surface area contributed by atoms with Gasteiger partial charge in [0.05, 0.1) is 43.0 Å². The lowest BCUT2D eigenvalue weighted by atomic mass is 9.65. The number of aliphatic hydroxyl groups excluding tert-OH is 3. The molecule has 2 aromatic heterocycles. The van der Waals surface area contributed by atoms with Crippen LogP contribution in [0.3, 0.4) is 0 Å². The molecule has 1 saturated carbocycles. The molecule has 13 heteroatoms. The van der Waals surface area contributed by atoms with Crippen LogP contribution in [-0.4, -0.2) is 77.8 Å². The van der Waals surface area contributed by atoms with E-state index >= 15 is 0 Å². The minimum absolute atomic E-state index is 0.00659. The molecule has 0 spiro atoms. The topological polar surface area (TPSA) is 203 Å². The largest absolute Gasteiger partial charge is 0.462 e. The summed E-state index contributed by atoms with van der Waals surface area (Å²) in [7, 11) is 0. The van der Waals surface area contributed by atoms with Gasteiger partial charge in [0.25, 0.3) is 5.56 Å². The molecule has 6 N–H and O–H groups in total. The van der Waals surface area contributed by atoms with Crippen molar-refractivity contribution in [1.29, 1.82) is 0 Å². The smallest absolute Gasteiger partial charge is 0.311 e. The summed E-state index contributed by atoms with van der Waals surface area (Å²) >= 11 is 0. The summed E-state index contributed by atoms with van der Waals surface area (Å²) in [6.07, 6.45) is 10.8. The van der Waals surface area contributed by atoms with E-state index < -0.39 is 23.2 Å². The van der Waals surface area contributed by atoms with Gasteiger partial charge in [-0.25, -0.2) is 4.98 Å². The number of hydrogen-bond acceptors (Lipinski definition) is 11. The maximum Gasteiger partial charge on any atom is 0.311 e. The minimum atomic E-state index is -0.672. The zero-order valence-electron chi connectivity index (χ0n) is 29.7. The number of nitrogens with two attached hydrogens (primary N) is 1. The first-order valence-electron chi connectivity index (χ1n) is 17.8. The molecular weight excluding hydrogens is 642 g/mol. The molecule has 0 aromatic carbocycles. The first kappa shape index (κ1) is 37.4. The van der Waals surface area contributed by atoms with Crippen molar-refractivity contribution in [2.24, 2.45) is 35.0 Å². The number of fused-ring (bicyclic) bond motifs is 2. The fraction of sp³-hybridized carbons (Fsp3) is 0.649. The third-order valence-corrected chi connectivity index (χ3v) is 11.2. The number of hydrogen-bond donors (Lipinski definition) is 5. The number of anilines is 1. The van der Waals surface area contributed by atoms with Crippen LogP contribution in [0.4, 0.5) is 5.95 Å². The standard InChI is InChI=1S/C25H38O5.C12H15N5O3/c1-6-25(4,5)24(28)30-21-12-15(2)11-17-8-7-16(3)20(23(17)21)10-9-19-13-18(26)14-22(27)29-19;1-5-6(3-18)8(19)2-7(5)17-4-14-9-10(17)15-12(13)16-11(9)20/h7-8,11,15-16,18-21,23,26H,6,9-10,12-14H2,1-5H3;4,6-8,18-19H,1-3H2,(H3,13,15,16,20)/t15-,16-,18+,19+,20-,21-,23-;6-,7-,8-/m00/s1. The third kappa shape index (κ3) is 7.89. The van der Waals surface area contributed by atoms with Crippen molar-refractivity contribution >= 4 is 29.1 Å². The molecule has 3 aliphatic carbocycles. The fourth-order valence-electron chi connectivity index (χ4n) is 7.82. The van der Waals surface area contributed by atoms with E-state index in [-0.39, 0.29) is 66.5 Å². The number of rotatable bonds is 8. The quantitative estimate of drug-likeness (QED) is 0.199. The predicted molar refractivity (Wildman–Crippen MR) is 187 cm³/mol. The zero-order valence-corrected chi connectivity index (χ0v) is 29.7. The molecule has 13 nitrogen and oxygen atoms in total. The average molecular weight is 696 g/mol. The van der Waals surface area contributed by atoms with Crippen molar-refractivity contribution in [1.82, 2.24) is 19.5 Å². The number of allylic oxidation sites excluding steroid dienone is 3. The van der Waals surface area contributed by atoms with Gasteiger partial charge in [-0.1, -0.05) is 45.6 Å². The molecule has 3 heterocycles. The van der Waals surface area contributed by atoms with E-state index in [0.717, 1.165) is 25.7 Å². The van der Waals surface area contributed by atoms with Gasteiger partial charge in [-0.05, 0) is 74.9 Å². The summed E-state index contributed by atoms with van der Waals surface area (Å²) in [4.78, 5) is 46.8. The molecule has 2 fully saturated rings. The number of esters is 2. The van der Waals surface area contributed by atoms with E-state index in [1.54, 1.807) is 4.57 Å². The number of nitrogens with zero attached hydrogens (tertiary/aromatic N) is 3. The van der Waals surface area contributed by atoms with Crippen molar-refractivity contribution in [3.63, 3.8) is 0 Å². The number of carbonyl (C=O) groups excluding carboxylic acids is 2. The Kier molecular flexibility index (Phi) is 11.4. The van der Waals surface area contributed by atoms with Gasteiger partial charge in [-0.15, -0.1) is 0 Å². The Hall–Kier alpha value is -3.81. The fourth-order valence-corrected chi connectivity index (χ4v) is 7.82. The number of nitrogen functional groups attached to an aromatic ring is 1. The summed E-state index contributed by atoms with van der Waals surface area (Å²) < 4.78 is 13.3. The number of aliphatic hydroxyl groups is 3. The van der Waals surface area contributed by atoms with Crippen LogP contribution in [0.2, 0.25) is 0 Å². The zero-order chi connectivity index (χ0) is 36.5. The highest BCUT2D eigenvalue weighted by atomic mass is 16.6. The molecular formula is C37H53N5O8. The molecule has 274 valence electrons. The molecule has 50 heavy (non-hydrogen) atoms. The first-order chi connectivity index (χ1) is 23.6. The normalized spacial score (nSPS) is 32.5. The summed E-state index contributed by atoms with van der Waals surface area (Å²) in [6.45, 7) is 14.1. The number of H-pyrrole nitrogens is 1. The Morgan fingerprint density at radius 3 is 2.60 bits per heavy atom. The maximum absolute atomic E-state index is 12.9. The lowest BCUT2D eigenvalue weighted by molar-refractivity contribution is -0.166. The van der Waals surface area contributed by atoms with Crippen LogP contribution in [-0.2, 0) is 19.1 Å². The Balaban J connectivity index is 0.000000210. The SMILES string of the molecule is C=C1[C@H](CO)[C@@H](O)C[C@@H]1n1cnc2c(=O)[nH]c(N)nc21.CCC(C)(C)C(=O)O[C@H]1C[C@@H](C)C=C2C=C[C@H](C)[C@H](CC[C@@H]3C[C@@H](O)CC(=O)O3)[C@H]21. The molecule has 0 radical (unpaired) electrons. The molecule has 6 rings (SSSR count). The van der Waals surface area contributed by atoms with Crippen LogP contribution < -0.4 is 11.3 Å². The molecule has 0 bridgehead atoms. The molecule has 10 atom stereocenters. The van der Waals surface area contributed by atoms with Crippen LogP contribution in [0.5, 0.6) is 0 Å². The number of carbonyl (C=O) groups is 2. The van der Waals surface area contributed by atoms with E-state index in [1.165, 1.54) is 11.9 Å². The molecule has 0 amide bonds. The van der Waals surface area contributed by atoms with Crippen LogP contribution in [0.15, 0.2) is 47.1 Å². The van der Waals surface area contributed by atoms with Gasteiger partial charge in [0.15, 0.2) is 11.2 Å². The van der Waals surface area contributed by atoms with Gasteiger partial charge >= 0.3 is 11.9 Å². The number of imidazole rings is 1. The second-order valence-corrected chi connectivity index (χ2v) is 15.2. The highest BCUT2D eigenvalue weighted by Crippen LogP contribution is 2.46. The monoisotopic (exact) mass is 695 g/mol. The van der Waals surface area contributed by atoms with E-state index in [0.29, 0.717) is 41.8 Å². The van der Waals surface area contributed by atoms with Crippen LogP contribution >= 0.6 is 0 Å². The third-order valence-electron chi connectivity index (χ3n) is 11.2. The Labute approximate surface area is 292 Å². The van der Waals surface area contributed by atoms with E-state index in [1.807, 2.05) is 20.8 Å². The molecule has 0 unspecified atom stereocenters. The van der Waals surface area contributed by atoms with E-state index in [4.69, 9.17) is 15.2 Å². The van der Waals surface area contributed by atoms with Gasteiger partial charge in [-0.3, -0.25) is 19.4 Å². The highest BCUT2D eigenvalue weighted by molar-refractivity contribution is 5.76. The van der Waals surface area contributed by atoms with Gasteiger partial charge < -0.3 is 35.1 Å². The molecule has 2 aromatic rings. The van der Waals surface area contributed by atoms with Gasteiger partial charge in [0.1, 0.15) is 12.2 Å². The number of ether oxygens (including phenoxy) is 2. The van der Waals surface area contributed by atoms with Crippen LogP contribution in [0, 0.1) is 35.0 Å². The first-order valence-corrected chi connectivity index (χ1v) is 17.8. The number of cyclic esters (lactones) is 1. The van der Waals surface area contributed by atoms with Crippen molar-refractivity contribution in [2.75, 3.05) is 12.3 Å². The number of nitrogens with one attached hydrogen (secondary N) is 1. The summed E-state index contributed by atoms with van der Waals surface area (Å²) in [6, 6.07) is -0.263. The van der Waals surface area contributed by atoms with Crippen LogP contribution in [0.1, 0.15) is 85.6 Å². The second kappa shape index (κ2) is 15.2. The lowest BCUT2D eigenvalue weighted by Crippen LogP contribution is -2.43. The molecule has 4 aliphatic rings. The summed E-state index contributed by atoms with van der Waals surface area (Å²) in [5, 5.41) is 29.1. The number of aromatic amines is 1. The average Bonchev–Trinajstić information content (AvgIpc) is 3.59. The van der Waals surface area contributed by atoms with Crippen LogP contribution in [0.25, 0.3) is 11.2 Å². The van der Waals surface area contributed by atoms with Gasteiger partial charge in [0, 0.05) is 18.3 Å². The van der Waals surface area contributed by atoms with Crippen molar-refractivity contribution in [3.8, 4) is 0 Å². The van der Waals surface area contributed by atoms with Crippen molar-refractivity contribution in [2.45, 2.75) is 110 Å². The molecule has 1 saturated heterocycles. The Morgan fingerprint density at radius 1 is 1.20 bits per heavy atom. The maximum atomic E-state index is 12.9. The van der Waals surface area contributed by atoms with Gasteiger partial charge in [-0.2, -0.15) is 4.98 Å². The lowest BCUT2D eigenvalue weighted by Gasteiger charge is -2.44. The summed E-state index contributed by atoms with van der Waals surface area (Å²) in [5.74, 6) is 0.404. The molecule has 1 aliphatic heterocycles. The predicted octanol–water partition coefficient (Wildman–Crippen LogP) is 3.76. The Morgan fingerprint density at radius 2 is 1.94 bits per heavy atom. The summed E-state index contributed by atoms with van der Waals surface area (Å²) in [5.41, 5.74) is 7.16. The van der Waals surface area contributed by atoms with Crippen molar-refractivity contribution in [3.05, 3.63) is 52.6 Å².